The lowest BCUT2D eigenvalue weighted by Crippen LogP contribution is -2.33. The number of carbonyl (C=O) groups is 2. The molecule has 5 rings (SSSR count). The Balaban J connectivity index is 1.38. The van der Waals surface area contributed by atoms with E-state index >= 15 is 0 Å². The molecular weight excluding hydrogens is 505 g/mol. The summed E-state index contributed by atoms with van der Waals surface area (Å²) in [7, 11) is 3.04. The molecule has 1 aliphatic heterocycles. The van der Waals surface area contributed by atoms with Gasteiger partial charge in [-0.05, 0) is 42.5 Å². The van der Waals surface area contributed by atoms with Crippen molar-refractivity contribution in [3.63, 3.8) is 0 Å². The van der Waals surface area contributed by atoms with Gasteiger partial charge in [-0.3, -0.25) is 19.7 Å². The summed E-state index contributed by atoms with van der Waals surface area (Å²) in [5.74, 6) is 1.32. The monoisotopic (exact) mass is 524 g/mol. The number of hydrogen-bond acceptors (Lipinski definition) is 7. The van der Waals surface area contributed by atoms with Crippen LogP contribution >= 0.6 is 0 Å². The van der Waals surface area contributed by atoms with E-state index in [2.05, 4.69) is 9.97 Å². The van der Waals surface area contributed by atoms with Crippen LogP contribution in [0.2, 0.25) is 0 Å². The molecule has 0 saturated carbocycles. The number of methoxy groups -OCH3 is 2. The topological polar surface area (TPSA) is 94.1 Å². The summed E-state index contributed by atoms with van der Waals surface area (Å²) in [6, 6.07) is 11.3. The van der Waals surface area contributed by atoms with Crippen molar-refractivity contribution in [2.24, 2.45) is 0 Å². The number of pyridine rings is 2. The number of benzene rings is 2. The fourth-order valence-corrected chi connectivity index (χ4v) is 4.01. The number of nitrogens with zero attached hydrogens (tertiary/aromatic N) is 4. The maximum atomic E-state index is 13.1. The van der Waals surface area contributed by atoms with Crippen LogP contribution < -0.4 is 24.0 Å². The number of anilines is 2. The first kappa shape index (κ1) is 24.8. The smallest absolute Gasteiger partial charge is 0.417 e. The zero-order chi connectivity index (χ0) is 27.0. The minimum absolute atomic E-state index is 0.128. The minimum Gasteiger partial charge on any atom is -0.493 e. The number of aromatic nitrogens is 2. The fourth-order valence-electron chi connectivity index (χ4n) is 4.01. The number of fused-ring (bicyclic) bond motifs is 1. The molecule has 194 valence electrons. The number of alkyl halides is 3. The van der Waals surface area contributed by atoms with Crippen molar-refractivity contribution in [1.29, 1.82) is 0 Å². The van der Waals surface area contributed by atoms with Crippen LogP contribution in [0.15, 0.2) is 67.1 Å². The van der Waals surface area contributed by atoms with Crippen LogP contribution in [0.25, 0.3) is 10.9 Å². The maximum Gasteiger partial charge on any atom is 0.417 e. The van der Waals surface area contributed by atoms with E-state index in [1.54, 1.807) is 36.5 Å². The molecule has 1 aliphatic rings. The molecule has 0 spiro atoms. The van der Waals surface area contributed by atoms with E-state index in [1.807, 2.05) is 0 Å². The van der Waals surface area contributed by atoms with E-state index < -0.39 is 30.2 Å². The molecule has 0 radical (unpaired) electrons. The summed E-state index contributed by atoms with van der Waals surface area (Å²) in [5.41, 5.74) is -0.290. The minimum atomic E-state index is -4.64. The molecule has 2 aromatic heterocycles. The number of rotatable bonds is 6. The Kier molecular flexibility index (Phi) is 6.23. The predicted octanol–water partition coefficient (Wildman–Crippen LogP) is 5.43. The average Bonchev–Trinajstić information content (AvgIpc) is 3.21. The van der Waals surface area contributed by atoms with Crippen molar-refractivity contribution in [3.8, 4) is 23.0 Å². The summed E-state index contributed by atoms with van der Waals surface area (Å²) in [6.07, 6.45) is -1.30. The van der Waals surface area contributed by atoms with Gasteiger partial charge < -0.3 is 14.2 Å². The fraction of sp³-hybridized carbons (Fsp3) is 0.154. The van der Waals surface area contributed by atoms with Gasteiger partial charge in [0.15, 0.2) is 11.5 Å². The van der Waals surface area contributed by atoms with E-state index in [0.29, 0.717) is 40.1 Å². The van der Waals surface area contributed by atoms with Crippen molar-refractivity contribution in [3.05, 3.63) is 72.7 Å². The third kappa shape index (κ3) is 4.51. The van der Waals surface area contributed by atoms with Crippen molar-refractivity contribution in [1.82, 2.24) is 9.97 Å². The van der Waals surface area contributed by atoms with E-state index in [4.69, 9.17) is 14.2 Å². The summed E-state index contributed by atoms with van der Waals surface area (Å²) < 4.78 is 55.9. The van der Waals surface area contributed by atoms with Crippen LogP contribution in [0.3, 0.4) is 0 Å². The van der Waals surface area contributed by atoms with Crippen molar-refractivity contribution in [2.75, 3.05) is 30.6 Å². The van der Waals surface area contributed by atoms with Crippen LogP contribution in [-0.4, -0.2) is 42.7 Å². The second kappa shape index (κ2) is 9.54. The molecule has 2 aromatic carbocycles. The number of hydrogen-bond donors (Lipinski definition) is 0. The van der Waals surface area contributed by atoms with Gasteiger partial charge in [-0.1, -0.05) is 0 Å². The van der Waals surface area contributed by atoms with Gasteiger partial charge in [0.25, 0.3) is 5.91 Å². The quantitative estimate of drug-likeness (QED) is 0.311. The second-order valence-electron chi connectivity index (χ2n) is 8.16. The van der Waals surface area contributed by atoms with E-state index in [0.717, 1.165) is 22.1 Å². The zero-order valence-corrected chi connectivity index (χ0v) is 20.0. The Labute approximate surface area is 214 Å². The first-order valence-corrected chi connectivity index (χ1v) is 11.1. The number of imide groups is 1. The second-order valence-corrected chi connectivity index (χ2v) is 8.16. The lowest BCUT2D eigenvalue weighted by atomic mass is 10.2. The Morgan fingerprint density at radius 1 is 0.868 bits per heavy atom. The lowest BCUT2D eigenvalue weighted by Gasteiger charge is -2.18. The standard InChI is InChI=1S/C26H19F3N4O5/c1-36-22-10-19-20(11-23(22)37-2)31-8-7-21(19)38-18-5-3-16(4-6-18)33-24(34)14-32(25(33)35)17-9-15(12-30-13-17)26(27,28)29/h3-13H,14H2,1-2H3. The summed E-state index contributed by atoms with van der Waals surface area (Å²) in [6.45, 7) is -0.422. The molecule has 0 N–H and O–H groups in total. The van der Waals surface area contributed by atoms with Crippen LogP contribution in [0, 0.1) is 0 Å². The highest BCUT2D eigenvalue weighted by atomic mass is 19.4. The zero-order valence-electron chi connectivity index (χ0n) is 20.0. The summed E-state index contributed by atoms with van der Waals surface area (Å²) in [5, 5.41) is 0.671. The van der Waals surface area contributed by atoms with E-state index in [1.165, 1.54) is 26.4 Å². The van der Waals surface area contributed by atoms with Crippen molar-refractivity contribution in [2.45, 2.75) is 6.18 Å². The third-order valence-electron chi connectivity index (χ3n) is 5.86. The van der Waals surface area contributed by atoms with Gasteiger partial charge in [-0.25, -0.2) is 9.69 Å². The Morgan fingerprint density at radius 3 is 2.26 bits per heavy atom. The van der Waals surface area contributed by atoms with Crippen LogP contribution in [0.4, 0.5) is 29.3 Å². The molecule has 12 heteroatoms. The molecular formula is C26H19F3N4O5. The molecule has 1 saturated heterocycles. The molecule has 9 nitrogen and oxygen atoms in total. The Bertz CT molecular complexity index is 1540. The molecule has 1 fully saturated rings. The summed E-state index contributed by atoms with van der Waals surface area (Å²) in [4.78, 5) is 35.4. The Hall–Kier alpha value is -4.87. The van der Waals surface area contributed by atoms with Gasteiger partial charge in [-0.2, -0.15) is 13.2 Å². The number of ether oxygens (including phenoxy) is 3. The molecule has 0 bridgehead atoms. The highest BCUT2D eigenvalue weighted by molar-refractivity contribution is 6.26. The molecule has 4 aromatic rings. The van der Waals surface area contributed by atoms with Crippen LogP contribution in [0.5, 0.6) is 23.0 Å². The van der Waals surface area contributed by atoms with E-state index in [9.17, 15) is 22.8 Å². The van der Waals surface area contributed by atoms with Gasteiger partial charge in [0, 0.05) is 23.8 Å². The predicted molar refractivity (Wildman–Crippen MR) is 131 cm³/mol. The lowest BCUT2D eigenvalue weighted by molar-refractivity contribution is -0.137. The number of amides is 3. The van der Waals surface area contributed by atoms with Crippen molar-refractivity contribution < 1.29 is 37.0 Å². The maximum absolute atomic E-state index is 13.1. The van der Waals surface area contributed by atoms with Gasteiger partial charge in [0.1, 0.15) is 18.0 Å². The summed E-state index contributed by atoms with van der Waals surface area (Å²) >= 11 is 0. The first-order valence-electron chi connectivity index (χ1n) is 11.1. The molecule has 0 unspecified atom stereocenters. The highest BCUT2D eigenvalue weighted by Gasteiger charge is 2.39. The highest BCUT2D eigenvalue weighted by Crippen LogP contribution is 2.37. The number of carbonyl (C=O) groups excluding carboxylic acids is 2. The SMILES string of the molecule is COc1cc2nccc(Oc3ccc(N4C(=O)CN(c5cncc(C(F)(F)F)c5)C4=O)cc3)c2cc1OC. The molecule has 3 amide bonds. The van der Waals surface area contributed by atoms with Gasteiger partial charge in [-0.15, -0.1) is 0 Å². The van der Waals surface area contributed by atoms with Gasteiger partial charge >= 0.3 is 12.2 Å². The van der Waals surface area contributed by atoms with Crippen LogP contribution in [-0.2, 0) is 11.0 Å². The third-order valence-corrected chi connectivity index (χ3v) is 5.86. The number of urea groups is 1. The first-order chi connectivity index (χ1) is 18.2. The van der Waals surface area contributed by atoms with Gasteiger partial charge in [0.2, 0.25) is 0 Å². The average molecular weight is 524 g/mol. The molecule has 0 atom stereocenters. The van der Waals surface area contributed by atoms with Crippen molar-refractivity contribution >= 4 is 34.2 Å². The molecule has 3 heterocycles. The van der Waals surface area contributed by atoms with Crippen LogP contribution in [0.1, 0.15) is 5.56 Å². The number of halogens is 3. The normalized spacial score (nSPS) is 13.8. The largest absolute Gasteiger partial charge is 0.493 e. The van der Waals surface area contributed by atoms with E-state index in [-0.39, 0.29) is 11.4 Å². The van der Waals surface area contributed by atoms with Gasteiger partial charge in [0.05, 0.1) is 42.9 Å². The Morgan fingerprint density at radius 2 is 1.58 bits per heavy atom. The molecule has 0 aliphatic carbocycles. The molecule has 38 heavy (non-hydrogen) atoms.